The predicted molar refractivity (Wildman–Crippen MR) is 111 cm³/mol. The lowest BCUT2D eigenvalue weighted by molar-refractivity contribution is -0.132. The second-order valence-corrected chi connectivity index (χ2v) is 7.98. The van der Waals surface area contributed by atoms with E-state index in [0.717, 1.165) is 43.6 Å². The molecule has 7 nitrogen and oxygen atoms in total. The molecule has 0 saturated carbocycles. The molecule has 0 aromatic heterocycles. The first-order chi connectivity index (χ1) is 14.5. The summed E-state index contributed by atoms with van der Waals surface area (Å²) in [5.41, 5.74) is 4.21. The van der Waals surface area contributed by atoms with E-state index in [1.807, 2.05) is 4.90 Å². The zero-order chi connectivity index (χ0) is 21.3. The summed E-state index contributed by atoms with van der Waals surface area (Å²) in [5.74, 6) is 0.217. The number of nitrogens with one attached hydrogen (secondary N) is 2. The highest BCUT2D eigenvalue weighted by atomic mass is 19.1. The molecule has 0 spiro atoms. The van der Waals surface area contributed by atoms with Crippen LogP contribution in [0.5, 0.6) is 0 Å². The van der Waals surface area contributed by atoms with Crippen LogP contribution in [0.15, 0.2) is 29.4 Å². The quantitative estimate of drug-likeness (QED) is 0.682. The van der Waals surface area contributed by atoms with Crippen LogP contribution in [0.3, 0.4) is 0 Å². The summed E-state index contributed by atoms with van der Waals surface area (Å²) in [4.78, 5) is 37.5. The highest BCUT2D eigenvalue weighted by molar-refractivity contribution is 5.94. The van der Waals surface area contributed by atoms with Crippen molar-refractivity contribution in [1.29, 1.82) is 0 Å². The monoisotopic (exact) mass is 416 g/mol. The molecule has 3 rings (SSSR count). The van der Waals surface area contributed by atoms with Crippen LogP contribution < -0.4 is 10.7 Å². The van der Waals surface area contributed by atoms with Gasteiger partial charge in [-0.1, -0.05) is 12.1 Å². The predicted octanol–water partition coefficient (Wildman–Crippen LogP) is 2.51. The van der Waals surface area contributed by atoms with Crippen LogP contribution in [0.4, 0.5) is 4.39 Å². The van der Waals surface area contributed by atoms with Crippen molar-refractivity contribution in [1.82, 2.24) is 15.6 Å². The Morgan fingerprint density at radius 2 is 1.87 bits per heavy atom. The van der Waals surface area contributed by atoms with Crippen molar-refractivity contribution >= 4 is 23.4 Å². The maximum absolute atomic E-state index is 12.9. The summed E-state index contributed by atoms with van der Waals surface area (Å²) in [5, 5.41) is 6.88. The number of benzene rings is 1. The van der Waals surface area contributed by atoms with Gasteiger partial charge in [0.15, 0.2) is 0 Å². The molecule has 1 aromatic rings. The number of amides is 3. The lowest BCUT2D eigenvalue weighted by Gasteiger charge is -2.32. The van der Waals surface area contributed by atoms with Gasteiger partial charge in [0.1, 0.15) is 5.82 Å². The highest BCUT2D eigenvalue weighted by Gasteiger charge is 2.23. The van der Waals surface area contributed by atoms with Crippen LogP contribution in [0, 0.1) is 11.7 Å². The van der Waals surface area contributed by atoms with Gasteiger partial charge < -0.3 is 10.2 Å². The van der Waals surface area contributed by atoms with E-state index in [2.05, 4.69) is 15.8 Å². The number of hydrazone groups is 1. The Balaban J connectivity index is 1.29. The first kappa shape index (κ1) is 21.9. The SMILES string of the molecule is O=C(CCC1CCN(C(=O)CCC2=NNC(=O)CC2)CC1)NCc1ccc(F)cc1. The van der Waals surface area contributed by atoms with Gasteiger partial charge in [-0.3, -0.25) is 14.4 Å². The highest BCUT2D eigenvalue weighted by Crippen LogP contribution is 2.22. The lowest BCUT2D eigenvalue weighted by Crippen LogP contribution is -2.39. The standard InChI is InChI=1S/C22H29FN4O3/c23-18-4-1-17(2-5-18)15-24-20(28)8-3-16-11-13-27(14-12-16)22(30)10-7-19-6-9-21(29)26-25-19/h1-2,4-5,16H,3,6-15H2,(H,24,28)(H,26,29). The molecule has 2 heterocycles. The van der Waals surface area contributed by atoms with Crippen molar-refractivity contribution < 1.29 is 18.8 Å². The largest absolute Gasteiger partial charge is 0.352 e. The summed E-state index contributed by atoms with van der Waals surface area (Å²) in [6.45, 7) is 1.86. The number of rotatable bonds is 8. The Morgan fingerprint density at radius 3 is 2.53 bits per heavy atom. The van der Waals surface area contributed by atoms with Crippen LogP contribution >= 0.6 is 0 Å². The van der Waals surface area contributed by atoms with Gasteiger partial charge in [-0.2, -0.15) is 5.10 Å². The van der Waals surface area contributed by atoms with Gasteiger partial charge in [-0.05, 0) is 55.7 Å². The topological polar surface area (TPSA) is 90.9 Å². The van der Waals surface area contributed by atoms with E-state index >= 15 is 0 Å². The molecule has 3 amide bonds. The first-order valence-electron chi connectivity index (χ1n) is 10.6. The van der Waals surface area contributed by atoms with Gasteiger partial charge in [0.25, 0.3) is 0 Å². The molecule has 0 bridgehead atoms. The van der Waals surface area contributed by atoms with Gasteiger partial charge in [0.2, 0.25) is 17.7 Å². The van der Waals surface area contributed by atoms with Gasteiger partial charge in [-0.15, -0.1) is 0 Å². The van der Waals surface area contributed by atoms with Crippen molar-refractivity contribution in [3.63, 3.8) is 0 Å². The normalized spacial score (nSPS) is 17.3. The van der Waals surface area contributed by atoms with Crippen molar-refractivity contribution in [2.45, 2.75) is 57.9 Å². The van der Waals surface area contributed by atoms with E-state index in [9.17, 15) is 18.8 Å². The maximum Gasteiger partial charge on any atom is 0.240 e. The summed E-state index contributed by atoms with van der Waals surface area (Å²) in [7, 11) is 0. The molecule has 1 aromatic carbocycles. The molecule has 0 radical (unpaired) electrons. The zero-order valence-electron chi connectivity index (χ0n) is 17.2. The molecule has 1 fully saturated rings. The maximum atomic E-state index is 12.9. The third-order valence-corrected chi connectivity index (χ3v) is 5.76. The molecule has 2 aliphatic heterocycles. The van der Waals surface area contributed by atoms with Gasteiger partial charge in [-0.25, -0.2) is 9.82 Å². The van der Waals surface area contributed by atoms with Crippen LogP contribution in [0.2, 0.25) is 0 Å². The summed E-state index contributed by atoms with van der Waals surface area (Å²) < 4.78 is 12.9. The van der Waals surface area contributed by atoms with E-state index in [4.69, 9.17) is 0 Å². The number of hydrogen-bond donors (Lipinski definition) is 2. The van der Waals surface area contributed by atoms with Crippen LogP contribution in [-0.4, -0.2) is 41.4 Å². The Kier molecular flexibility index (Phi) is 7.93. The van der Waals surface area contributed by atoms with Crippen molar-refractivity contribution in [2.24, 2.45) is 11.0 Å². The number of hydrogen-bond acceptors (Lipinski definition) is 4. The third-order valence-electron chi connectivity index (χ3n) is 5.76. The number of likely N-dealkylation sites (tertiary alicyclic amines) is 1. The Bertz CT molecular complexity index is 786. The molecular weight excluding hydrogens is 387 g/mol. The molecule has 162 valence electrons. The van der Waals surface area contributed by atoms with E-state index in [0.29, 0.717) is 44.6 Å². The molecule has 2 aliphatic rings. The molecule has 2 N–H and O–H groups in total. The van der Waals surface area contributed by atoms with E-state index in [1.54, 1.807) is 12.1 Å². The lowest BCUT2D eigenvalue weighted by atomic mass is 9.91. The second kappa shape index (κ2) is 10.8. The third kappa shape index (κ3) is 6.93. The molecular formula is C22H29FN4O3. The van der Waals surface area contributed by atoms with Crippen molar-refractivity contribution in [2.75, 3.05) is 13.1 Å². The van der Waals surface area contributed by atoms with E-state index < -0.39 is 0 Å². The molecule has 1 saturated heterocycles. The van der Waals surface area contributed by atoms with E-state index in [1.165, 1.54) is 12.1 Å². The summed E-state index contributed by atoms with van der Waals surface area (Å²) >= 11 is 0. The minimum absolute atomic E-state index is 0.00169. The minimum Gasteiger partial charge on any atom is -0.352 e. The molecule has 8 heteroatoms. The first-order valence-corrected chi connectivity index (χ1v) is 10.6. The van der Waals surface area contributed by atoms with Gasteiger partial charge >= 0.3 is 0 Å². The Morgan fingerprint density at radius 1 is 1.13 bits per heavy atom. The number of nitrogens with zero attached hydrogens (tertiary/aromatic N) is 2. The molecule has 0 atom stereocenters. The van der Waals surface area contributed by atoms with Crippen LogP contribution in [-0.2, 0) is 20.9 Å². The Labute approximate surface area is 176 Å². The van der Waals surface area contributed by atoms with Gasteiger partial charge in [0.05, 0.1) is 0 Å². The van der Waals surface area contributed by atoms with Crippen molar-refractivity contribution in [3.8, 4) is 0 Å². The average molecular weight is 416 g/mol. The fourth-order valence-electron chi connectivity index (χ4n) is 3.80. The van der Waals surface area contributed by atoms with Gasteiger partial charge in [0, 0.05) is 44.6 Å². The summed E-state index contributed by atoms with van der Waals surface area (Å²) in [6.07, 6.45) is 5.18. The zero-order valence-corrected chi connectivity index (χ0v) is 17.2. The number of carbonyl (C=O) groups excluding carboxylic acids is 3. The molecule has 0 aliphatic carbocycles. The van der Waals surface area contributed by atoms with Crippen LogP contribution in [0.1, 0.15) is 56.9 Å². The minimum atomic E-state index is -0.286. The number of piperidine rings is 1. The van der Waals surface area contributed by atoms with E-state index in [-0.39, 0.29) is 23.5 Å². The smallest absolute Gasteiger partial charge is 0.240 e. The number of carbonyl (C=O) groups is 3. The van der Waals surface area contributed by atoms with Crippen LogP contribution in [0.25, 0.3) is 0 Å². The second-order valence-electron chi connectivity index (χ2n) is 7.98. The summed E-state index contributed by atoms with van der Waals surface area (Å²) in [6, 6.07) is 6.10. The molecule has 30 heavy (non-hydrogen) atoms. The molecule has 0 unspecified atom stereocenters. The fraction of sp³-hybridized carbons (Fsp3) is 0.545. The number of halogens is 1. The Hall–Kier alpha value is -2.77. The van der Waals surface area contributed by atoms with Crippen molar-refractivity contribution in [3.05, 3.63) is 35.6 Å². The average Bonchev–Trinajstić information content (AvgIpc) is 2.77. The fourth-order valence-corrected chi connectivity index (χ4v) is 3.80.